The molecule has 0 bridgehead atoms. The lowest BCUT2D eigenvalue weighted by molar-refractivity contribution is -0.134. The summed E-state index contributed by atoms with van der Waals surface area (Å²) in [7, 11) is 0. The van der Waals surface area contributed by atoms with E-state index in [0.29, 0.717) is 6.54 Å². The molecule has 2 aliphatic rings. The van der Waals surface area contributed by atoms with Crippen LogP contribution in [0.25, 0.3) is 10.8 Å². The van der Waals surface area contributed by atoms with E-state index in [9.17, 15) is 9.59 Å². The van der Waals surface area contributed by atoms with Crippen molar-refractivity contribution in [3.63, 3.8) is 0 Å². The topological polar surface area (TPSA) is 49.4 Å². The normalized spacial score (nSPS) is 27.0. The summed E-state index contributed by atoms with van der Waals surface area (Å²) in [4.78, 5) is 27.0. The Morgan fingerprint density at radius 2 is 1.92 bits per heavy atom. The van der Waals surface area contributed by atoms with Crippen molar-refractivity contribution in [3.8, 4) is 0 Å². The molecule has 2 fully saturated rings. The van der Waals surface area contributed by atoms with Crippen molar-refractivity contribution in [1.29, 1.82) is 0 Å². The van der Waals surface area contributed by atoms with Gasteiger partial charge in [0, 0.05) is 0 Å². The van der Waals surface area contributed by atoms with E-state index >= 15 is 0 Å². The second-order valence-corrected chi connectivity index (χ2v) is 7.08. The van der Waals surface area contributed by atoms with Gasteiger partial charge in [-0.3, -0.25) is 9.69 Å². The first-order valence-corrected chi connectivity index (χ1v) is 8.72. The van der Waals surface area contributed by atoms with Crippen molar-refractivity contribution >= 4 is 22.7 Å². The number of nitrogens with zero attached hydrogens (tertiary/aromatic N) is 1. The molecule has 0 radical (unpaired) electrons. The molecule has 1 spiro atoms. The van der Waals surface area contributed by atoms with Crippen molar-refractivity contribution in [2.24, 2.45) is 5.92 Å². The Balaban J connectivity index is 1.67. The Morgan fingerprint density at radius 1 is 1.12 bits per heavy atom. The first-order chi connectivity index (χ1) is 11.6. The summed E-state index contributed by atoms with van der Waals surface area (Å²) in [6.07, 6.45) is 3.88. The third-order valence-corrected chi connectivity index (χ3v) is 5.71. The number of amides is 3. The zero-order chi connectivity index (χ0) is 16.7. The zero-order valence-corrected chi connectivity index (χ0v) is 13.9. The number of imide groups is 1. The average molecular weight is 322 g/mol. The molecule has 3 amide bonds. The molecule has 1 heterocycles. The molecular weight excluding hydrogens is 300 g/mol. The van der Waals surface area contributed by atoms with Crippen LogP contribution in [0, 0.1) is 5.92 Å². The van der Waals surface area contributed by atoms with Gasteiger partial charge in [0.1, 0.15) is 5.54 Å². The molecule has 4 rings (SSSR count). The molecule has 124 valence electrons. The predicted molar refractivity (Wildman–Crippen MR) is 93.4 cm³/mol. The highest BCUT2D eigenvalue weighted by Crippen LogP contribution is 2.38. The van der Waals surface area contributed by atoms with Gasteiger partial charge >= 0.3 is 6.03 Å². The van der Waals surface area contributed by atoms with Crippen LogP contribution in [-0.4, -0.2) is 22.4 Å². The van der Waals surface area contributed by atoms with E-state index in [1.165, 1.54) is 4.90 Å². The SMILES string of the molecule is C[C@@H]1CCCC[C@@]12NC(=O)N(Cc1cccc3ccccc13)C2=O. The van der Waals surface area contributed by atoms with E-state index < -0.39 is 5.54 Å². The molecule has 0 aromatic heterocycles. The Kier molecular flexibility index (Phi) is 3.56. The van der Waals surface area contributed by atoms with Gasteiger partial charge in [0.15, 0.2) is 0 Å². The fourth-order valence-corrected chi connectivity index (χ4v) is 4.24. The average Bonchev–Trinajstić information content (AvgIpc) is 2.83. The quantitative estimate of drug-likeness (QED) is 0.854. The van der Waals surface area contributed by atoms with E-state index in [4.69, 9.17) is 0 Å². The molecule has 4 heteroatoms. The van der Waals surface area contributed by atoms with Gasteiger partial charge < -0.3 is 5.32 Å². The van der Waals surface area contributed by atoms with Gasteiger partial charge in [-0.15, -0.1) is 0 Å². The van der Waals surface area contributed by atoms with Gasteiger partial charge in [-0.2, -0.15) is 0 Å². The van der Waals surface area contributed by atoms with Gasteiger partial charge in [0.05, 0.1) is 6.54 Å². The molecule has 4 nitrogen and oxygen atoms in total. The maximum atomic E-state index is 13.1. The maximum Gasteiger partial charge on any atom is 0.325 e. The third-order valence-electron chi connectivity index (χ3n) is 5.71. The predicted octanol–water partition coefficient (Wildman–Crippen LogP) is 3.84. The lowest BCUT2D eigenvalue weighted by Gasteiger charge is -2.36. The summed E-state index contributed by atoms with van der Waals surface area (Å²) in [5.74, 6) is 0.146. The summed E-state index contributed by atoms with van der Waals surface area (Å²) < 4.78 is 0. The first-order valence-electron chi connectivity index (χ1n) is 8.72. The van der Waals surface area contributed by atoms with Crippen LogP contribution in [0.15, 0.2) is 42.5 Å². The Bertz CT molecular complexity index is 811. The lowest BCUT2D eigenvalue weighted by atomic mass is 9.73. The number of rotatable bonds is 2. The van der Waals surface area contributed by atoms with E-state index in [0.717, 1.165) is 42.0 Å². The molecule has 2 atom stereocenters. The molecule has 24 heavy (non-hydrogen) atoms. The third kappa shape index (κ3) is 2.20. The largest absolute Gasteiger partial charge is 0.325 e. The minimum Gasteiger partial charge on any atom is -0.323 e. The highest BCUT2D eigenvalue weighted by Gasteiger charge is 2.54. The maximum absolute atomic E-state index is 13.1. The summed E-state index contributed by atoms with van der Waals surface area (Å²) in [6.45, 7) is 2.42. The second-order valence-electron chi connectivity index (χ2n) is 7.08. The standard InChI is InChI=1S/C20H22N2O2/c1-14-7-4-5-12-20(14)18(23)22(19(24)21-20)13-16-10-6-9-15-8-2-3-11-17(15)16/h2-3,6,8-11,14H,4-5,7,12-13H2,1H3,(H,21,24)/t14-,20-/m1/s1. The number of benzene rings is 2. The van der Waals surface area contributed by atoms with Gasteiger partial charge in [0.2, 0.25) is 0 Å². The first kappa shape index (κ1) is 15.2. The Morgan fingerprint density at radius 3 is 2.75 bits per heavy atom. The summed E-state index contributed by atoms with van der Waals surface area (Å²) in [5.41, 5.74) is 0.331. The summed E-state index contributed by atoms with van der Waals surface area (Å²) in [5, 5.41) is 5.25. The summed E-state index contributed by atoms with van der Waals surface area (Å²) >= 11 is 0. The summed E-state index contributed by atoms with van der Waals surface area (Å²) in [6, 6.07) is 13.9. The minimum atomic E-state index is -0.681. The fourth-order valence-electron chi connectivity index (χ4n) is 4.24. The molecule has 1 aliphatic heterocycles. The highest BCUT2D eigenvalue weighted by molar-refractivity contribution is 6.07. The van der Waals surface area contributed by atoms with Crippen molar-refractivity contribution < 1.29 is 9.59 Å². The number of hydrogen-bond donors (Lipinski definition) is 1. The highest BCUT2D eigenvalue weighted by atomic mass is 16.2. The van der Waals surface area contributed by atoms with Crippen LogP contribution in [0.3, 0.4) is 0 Å². The van der Waals surface area contributed by atoms with Crippen molar-refractivity contribution in [2.75, 3.05) is 0 Å². The zero-order valence-electron chi connectivity index (χ0n) is 13.9. The van der Waals surface area contributed by atoms with E-state index in [2.05, 4.69) is 24.4 Å². The Hall–Kier alpha value is -2.36. The van der Waals surface area contributed by atoms with Crippen LogP contribution in [0.4, 0.5) is 4.79 Å². The number of fused-ring (bicyclic) bond motifs is 1. The van der Waals surface area contributed by atoms with Crippen molar-refractivity contribution in [2.45, 2.75) is 44.7 Å². The van der Waals surface area contributed by atoms with Crippen molar-refractivity contribution in [3.05, 3.63) is 48.0 Å². The number of carbonyl (C=O) groups excluding carboxylic acids is 2. The lowest BCUT2D eigenvalue weighted by Crippen LogP contribution is -2.53. The smallest absolute Gasteiger partial charge is 0.323 e. The molecule has 1 N–H and O–H groups in total. The molecule has 2 aromatic rings. The number of hydrogen-bond acceptors (Lipinski definition) is 2. The number of carbonyl (C=O) groups is 2. The van der Waals surface area contributed by atoms with Crippen LogP contribution in [-0.2, 0) is 11.3 Å². The van der Waals surface area contributed by atoms with Crippen LogP contribution in [0.5, 0.6) is 0 Å². The minimum absolute atomic E-state index is 0.0485. The molecule has 1 aliphatic carbocycles. The molecule has 1 saturated carbocycles. The molecule has 0 unspecified atom stereocenters. The number of urea groups is 1. The van der Waals surface area contributed by atoms with Gasteiger partial charge in [-0.05, 0) is 35.1 Å². The van der Waals surface area contributed by atoms with E-state index in [1.807, 2.05) is 30.3 Å². The van der Waals surface area contributed by atoms with Gasteiger partial charge in [0.25, 0.3) is 5.91 Å². The van der Waals surface area contributed by atoms with Crippen LogP contribution >= 0.6 is 0 Å². The van der Waals surface area contributed by atoms with Crippen molar-refractivity contribution in [1.82, 2.24) is 10.2 Å². The van der Waals surface area contributed by atoms with Crippen LogP contribution in [0.1, 0.15) is 38.2 Å². The second kappa shape index (κ2) is 5.62. The van der Waals surface area contributed by atoms with Crippen LogP contribution < -0.4 is 5.32 Å². The molecule has 2 aromatic carbocycles. The van der Waals surface area contributed by atoms with Gasteiger partial charge in [-0.25, -0.2) is 4.79 Å². The molecular formula is C20H22N2O2. The monoisotopic (exact) mass is 322 g/mol. The van der Waals surface area contributed by atoms with E-state index in [1.54, 1.807) is 0 Å². The molecule has 1 saturated heterocycles. The van der Waals surface area contributed by atoms with Gasteiger partial charge in [-0.1, -0.05) is 62.2 Å². The van der Waals surface area contributed by atoms with E-state index in [-0.39, 0.29) is 17.9 Å². The fraction of sp³-hybridized carbons (Fsp3) is 0.400. The van der Waals surface area contributed by atoms with Crippen LogP contribution in [0.2, 0.25) is 0 Å². The number of nitrogens with one attached hydrogen (secondary N) is 1. The Labute approximate surface area is 141 Å².